The van der Waals surface area contributed by atoms with E-state index in [4.69, 9.17) is 4.74 Å². The first-order chi connectivity index (χ1) is 15.7. The highest BCUT2D eigenvalue weighted by Gasteiger charge is 2.46. The maximum absolute atomic E-state index is 12.8. The maximum atomic E-state index is 12.8. The van der Waals surface area contributed by atoms with Gasteiger partial charge in [-0.15, -0.1) is 13.2 Å². The van der Waals surface area contributed by atoms with Gasteiger partial charge in [0.05, 0.1) is 6.04 Å². The van der Waals surface area contributed by atoms with Gasteiger partial charge in [-0.2, -0.15) is 21.6 Å². The number of benzene rings is 2. The van der Waals surface area contributed by atoms with Crippen LogP contribution in [0.4, 0.5) is 32.0 Å². The van der Waals surface area contributed by atoms with Gasteiger partial charge in [-0.25, -0.2) is 0 Å². The van der Waals surface area contributed by atoms with Crippen LogP contribution in [0, 0.1) is 0 Å². The Morgan fingerprint density at radius 2 is 1.65 bits per heavy atom. The molecule has 1 N–H and O–H groups in total. The number of rotatable bonds is 6. The summed E-state index contributed by atoms with van der Waals surface area (Å²) in [7, 11) is -5.69. The lowest BCUT2D eigenvalue weighted by Crippen LogP contribution is -2.30. The van der Waals surface area contributed by atoms with E-state index in [1.54, 1.807) is 0 Å². The number of amides is 1. The van der Waals surface area contributed by atoms with Gasteiger partial charge in [0.1, 0.15) is 17.2 Å². The first-order valence-electron chi connectivity index (χ1n) is 9.70. The van der Waals surface area contributed by atoms with Crippen molar-refractivity contribution in [1.82, 2.24) is 4.90 Å². The van der Waals surface area contributed by atoms with Crippen molar-refractivity contribution in [3.63, 3.8) is 0 Å². The third-order valence-electron chi connectivity index (χ3n) is 4.87. The second kappa shape index (κ2) is 9.24. The van der Waals surface area contributed by atoms with Crippen LogP contribution in [0.15, 0.2) is 42.5 Å². The Hall–Kier alpha value is -3.16. The smallest absolute Gasteiger partial charge is 0.457 e. The minimum Gasteiger partial charge on any atom is -0.457 e. The van der Waals surface area contributed by atoms with Gasteiger partial charge < -0.3 is 14.4 Å². The van der Waals surface area contributed by atoms with Crippen molar-refractivity contribution >= 4 is 21.6 Å². The molecule has 3 rings (SSSR count). The van der Waals surface area contributed by atoms with Gasteiger partial charge in [0.2, 0.25) is 5.91 Å². The Balaban J connectivity index is 1.95. The second-order valence-electron chi connectivity index (χ2n) is 7.30. The van der Waals surface area contributed by atoms with Crippen LogP contribution in [0.1, 0.15) is 31.4 Å². The van der Waals surface area contributed by atoms with Crippen LogP contribution < -0.4 is 14.2 Å². The molecule has 0 spiro atoms. The normalized spacial score (nSPS) is 16.9. The Labute approximate surface area is 190 Å². The topological polar surface area (TPSA) is 84.9 Å². The number of ether oxygens (including phenoxy) is 2. The van der Waals surface area contributed by atoms with Crippen LogP contribution in [0.2, 0.25) is 0 Å². The predicted octanol–water partition coefficient (Wildman–Crippen LogP) is 5.32. The summed E-state index contributed by atoms with van der Waals surface area (Å²) in [4.78, 5) is 13.5. The monoisotopic (exact) mass is 512 g/mol. The molecule has 34 heavy (non-hydrogen) atoms. The number of sulfonamides is 1. The fourth-order valence-corrected chi connectivity index (χ4v) is 4.03. The molecule has 1 heterocycles. The number of carbonyl (C=O) groups excluding carboxylic acids is 1. The fraction of sp³-hybridized carbons (Fsp3) is 0.350. The number of hydrogen-bond acceptors (Lipinski definition) is 5. The fourth-order valence-electron chi connectivity index (χ4n) is 3.48. The minimum absolute atomic E-state index is 0.0757. The third-order valence-corrected chi connectivity index (χ3v) is 5.98. The average molecular weight is 512 g/mol. The molecular weight excluding hydrogens is 494 g/mol. The zero-order chi connectivity index (χ0) is 25.3. The summed E-state index contributed by atoms with van der Waals surface area (Å²) in [6.45, 7) is 1.69. The molecule has 1 saturated heterocycles. The third kappa shape index (κ3) is 6.04. The molecule has 7 nitrogen and oxygen atoms in total. The molecule has 1 unspecified atom stereocenters. The van der Waals surface area contributed by atoms with E-state index < -0.39 is 39.4 Å². The van der Waals surface area contributed by atoms with Crippen LogP contribution in [-0.4, -0.2) is 37.6 Å². The average Bonchev–Trinajstić information content (AvgIpc) is 3.18. The van der Waals surface area contributed by atoms with Crippen molar-refractivity contribution < 1.29 is 49.0 Å². The highest BCUT2D eigenvalue weighted by molar-refractivity contribution is 7.93. The van der Waals surface area contributed by atoms with Gasteiger partial charge in [-0.05, 0) is 55.3 Å². The molecule has 2 aromatic carbocycles. The largest absolute Gasteiger partial charge is 0.573 e. The first-order valence-corrected chi connectivity index (χ1v) is 11.2. The number of hydrogen-bond donors (Lipinski definition) is 1. The van der Waals surface area contributed by atoms with Crippen molar-refractivity contribution in [3.05, 3.63) is 48.0 Å². The first kappa shape index (κ1) is 25.5. The molecule has 0 aliphatic carbocycles. The lowest BCUT2D eigenvalue weighted by Gasteiger charge is -2.26. The van der Waals surface area contributed by atoms with E-state index in [-0.39, 0.29) is 23.0 Å². The van der Waals surface area contributed by atoms with E-state index in [0.717, 1.165) is 24.3 Å². The van der Waals surface area contributed by atoms with Crippen molar-refractivity contribution in [1.29, 1.82) is 0 Å². The zero-order valence-corrected chi connectivity index (χ0v) is 18.2. The van der Waals surface area contributed by atoms with Crippen LogP contribution in [0.3, 0.4) is 0 Å². The highest BCUT2D eigenvalue weighted by atomic mass is 32.2. The lowest BCUT2D eigenvalue weighted by atomic mass is 10.0. The van der Waals surface area contributed by atoms with Crippen LogP contribution in [0.25, 0.3) is 0 Å². The van der Waals surface area contributed by atoms with Crippen molar-refractivity contribution in [2.45, 2.75) is 37.7 Å². The van der Waals surface area contributed by atoms with Crippen LogP contribution in [0.5, 0.6) is 17.2 Å². The Bertz CT molecular complexity index is 1150. The summed E-state index contributed by atoms with van der Waals surface area (Å²) in [5, 5.41) is 0. The van der Waals surface area contributed by atoms with Gasteiger partial charge in [-0.3, -0.25) is 9.52 Å². The molecule has 1 aliphatic heterocycles. The molecule has 14 heteroatoms. The number of carbonyl (C=O) groups is 1. The van der Waals surface area contributed by atoms with Crippen molar-refractivity contribution in [3.8, 4) is 17.2 Å². The van der Waals surface area contributed by atoms with Gasteiger partial charge in [0.15, 0.2) is 0 Å². The van der Waals surface area contributed by atoms with Crippen LogP contribution in [-0.2, 0) is 14.8 Å². The standard InChI is InChI=1S/C20H18F6N2O5S/c1-12(29)28-10-2-3-17(28)16-11-13(27-34(30,31)20(24,25)26)4-9-18(16)32-14-5-7-15(8-6-14)33-19(21,22)23/h4-9,11,17,27H,2-3,10H2,1H3. The van der Waals surface area contributed by atoms with E-state index >= 15 is 0 Å². The second-order valence-corrected chi connectivity index (χ2v) is 8.97. The quantitative estimate of drug-likeness (QED) is 0.530. The van der Waals surface area contributed by atoms with Crippen LogP contribution >= 0.6 is 0 Å². The molecule has 186 valence electrons. The minimum atomic E-state index is -5.69. The molecule has 0 bridgehead atoms. The van der Waals surface area contributed by atoms with Gasteiger partial charge in [0.25, 0.3) is 0 Å². The Morgan fingerprint density at radius 3 is 2.21 bits per heavy atom. The number of nitrogens with one attached hydrogen (secondary N) is 1. The molecule has 0 aromatic heterocycles. The summed E-state index contributed by atoms with van der Waals surface area (Å²) in [6, 6.07) is 7.14. The zero-order valence-electron chi connectivity index (χ0n) is 17.4. The van der Waals surface area contributed by atoms with E-state index in [9.17, 15) is 39.6 Å². The Kier molecular flexibility index (Phi) is 6.92. The SMILES string of the molecule is CC(=O)N1CCCC1c1cc(NS(=O)(=O)C(F)(F)F)ccc1Oc1ccc(OC(F)(F)F)cc1. The summed E-state index contributed by atoms with van der Waals surface area (Å²) in [5.41, 5.74) is -5.71. The highest BCUT2D eigenvalue weighted by Crippen LogP contribution is 2.41. The van der Waals surface area contributed by atoms with Gasteiger partial charge >= 0.3 is 21.9 Å². The summed E-state index contributed by atoms with van der Waals surface area (Å²) in [6.07, 6.45) is -3.86. The molecular formula is C20H18F6N2O5S. The maximum Gasteiger partial charge on any atom is 0.573 e. The number of halogens is 6. The molecule has 1 amide bonds. The predicted molar refractivity (Wildman–Crippen MR) is 108 cm³/mol. The molecule has 1 atom stereocenters. The summed E-state index contributed by atoms with van der Waals surface area (Å²) in [5.74, 6) is -0.636. The Morgan fingerprint density at radius 1 is 1.03 bits per heavy atom. The van der Waals surface area contributed by atoms with Crippen molar-refractivity contribution in [2.24, 2.45) is 0 Å². The number of anilines is 1. The molecule has 0 radical (unpaired) electrons. The van der Waals surface area contributed by atoms with E-state index in [1.807, 2.05) is 0 Å². The molecule has 1 aliphatic rings. The number of likely N-dealkylation sites (tertiary alicyclic amines) is 1. The number of nitrogens with zero attached hydrogens (tertiary/aromatic N) is 1. The molecule has 2 aromatic rings. The van der Waals surface area contributed by atoms with Gasteiger partial charge in [0, 0.05) is 24.7 Å². The van der Waals surface area contributed by atoms with E-state index in [2.05, 4.69) is 4.74 Å². The molecule has 0 saturated carbocycles. The van der Waals surface area contributed by atoms with Crippen molar-refractivity contribution in [2.75, 3.05) is 11.3 Å². The molecule has 1 fully saturated rings. The number of alkyl halides is 6. The summed E-state index contributed by atoms with van der Waals surface area (Å²) >= 11 is 0. The van der Waals surface area contributed by atoms with Gasteiger partial charge in [-0.1, -0.05) is 0 Å². The van der Waals surface area contributed by atoms with E-state index in [0.29, 0.717) is 19.4 Å². The van der Waals surface area contributed by atoms with E-state index in [1.165, 1.54) is 34.7 Å². The summed E-state index contributed by atoms with van der Waals surface area (Å²) < 4.78 is 109. The lowest BCUT2D eigenvalue weighted by molar-refractivity contribution is -0.274.